The van der Waals surface area contributed by atoms with Crippen LogP contribution in [0.15, 0.2) is 27.8 Å². The highest BCUT2D eigenvalue weighted by molar-refractivity contribution is 5.80. The molecule has 0 saturated carbocycles. The van der Waals surface area contributed by atoms with Gasteiger partial charge in [0.2, 0.25) is 0 Å². The Morgan fingerprint density at radius 1 is 1.38 bits per heavy atom. The van der Waals surface area contributed by atoms with Gasteiger partial charge in [0.25, 0.3) is 0 Å². The van der Waals surface area contributed by atoms with Crippen LogP contribution in [0.2, 0.25) is 0 Å². The fourth-order valence-corrected chi connectivity index (χ4v) is 1.63. The maximum absolute atomic E-state index is 5.54. The van der Waals surface area contributed by atoms with Crippen molar-refractivity contribution >= 4 is 5.96 Å². The predicted octanol–water partition coefficient (Wildman–Crippen LogP) is 2.79. The Labute approximate surface area is 128 Å². The topological polar surface area (TPSA) is 58.8 Å². The van der Waals surface area contributed by atoms with Gasteiger partial charge >= 0.3 is 0 Å². The second kappa shape index (κ2) is 10.3. The molecule has 0 amide bonds. The minimum Gasteiger partial charge on any atom is -0.467 e. The summed E-state index contributed by atoms with van der Waals surface area (Å²) in [4.78, 5) is 4.56. The fraction of sp³-hybridized carbons (Fsp3) is 0.688. The highest BCUT2D eigenvalue weighted by Gasteiger charge is 2.08. The van der Waals surface area contributed by atoms with E-state index in [0.717, 1.165) is 31.2 Å². The highest BCUT2D eigenvalue weighted by atomic mass is 16.5. The average Bonchev–Trinajstić information content (AvgIpc) is 2.95. The van der Waals surface area contributed by atoms with Crippen LogP contribution < -0.4 is 10.6 Å². The summed E-state index contributed by atoms with van der Waals surface area (Å²) < 4.78 is 10.7. The number of aliphatic imine (C=N–C) groups is 1. The molecule has 0 spiro atoms. The van der Waals surface area contributed by atoms with Gasteiger partial charge in [0.15, 0.2) is 5.96 Å². The Morgan fingerprint density at radius 2 is 2.19 bits per heavy atom. The number of ether oxygens (including phenoxy) is 1. The van der Waals surface area contributed by atoms with Gasteiger partial charge in [-0.25, -0.2) is 0 Å². The largest absolute Gasteiger partial charge is 0.467 e. The van der Waals surface area contributed by atoms with Crippen molar-refractivity contribution in [1.82, 2.24) is 10.6 Å². The molecule has 1 atom stereocenters. The van der Waals surface area contributed by atoms with Crippen molar-refractivity contribution in [3.8, 4) is 0 Å². The molecular weight excluding hydrogens is 266 g/mol. The van der Waals surface area contributed by atoms with Gasteiger partial charge in [0.1, 0.15) is 12.4 Å². The lowest BCUT2D eigenvalue weighted by Crippen LogP contribution is -2.44. The van der Waals surface area contributed by atoms with E-state index in [9.17, 15) is 0 Å². The summed E-state index contributed by atoms with van der Waals surface area (Å²) in [6, 6.07) is 4.18. The van der Waals surface area contributed by atoms with Crippen LogP contribution in [-0.2, 0) is 11.3 Å². The van der Waals surface area contributed by atoms with Crippen molar-refractivity contribution in [3.05, 3.63) is 24.2 Å². The number of rotatable bonds is 9. The minimum atomic E-state index is 0.401. The number of hydrogen-bond donors (Lipinski definition) is 2. The third-order valence-corrected chi connectivity index (χ3v) is 3.25. The lowest BCUT2D eigenvalue weighted by molar-refractivity contribution is 0.105. The van der Waals surface area contributed by atoms with Gasteiger partial charge in [0.05, 0.1) is 6.26 Å². The van der Waals surface area contributed by atoms with Crippen molar-refractivity contribution in [2.45, 2.75) is 46.8 Å². The molecule has 1 rings (SSSR count). The van der Waals surface area contributed by atoms with E-state index in [1.165, 1.54) is 0 Å². The van der Waals surface area contributed by atoms with Gasteiger partial charge in [-0.3, -0.25) is 4.99 Å². The maximum Gasteiger partial charge on any atom is 0.191 e. The van der Waals surface area contributed by atoms with Gasteiger partial charge in [-0.15, -0.1) is 0 Å². The Morgan fingerprint density at radius 3 is 2.81 bits per heavy atom. The molecule has 0 fully saturated rings. The van der Waals surface area contributed by atoms with Crippen molar-refractivity contribution in [1.29, 1.82) is 0 Å². The van der Waals surface area contributed by atoms with E-state index >= 15 is 0 Å². The van der Waals surface area contributed by atoms with E-state index in [1.54, 1.807) is 6.26 Å². The molecule has 0 radical (unpaired) electrons. The van der Waals surface area contributed by atoms with E-state index in [4.69, 9.17) is 9.15 Å². The van der Waals surface area contributed by atoms with Crippen LogP contribution in [0.5, 0.6) is 0 Å². The summed E-state index contributed by atoms with van der Waals surface area (Å²) >= 11 is 0. The quantitative estimate of drug-likeness (QED) is 0.418. The Hall–Kier alpha value is -1.49. The Bertz CT molecular complexity index is 388. The summed E-state index contributed by atoms with van der Waals surface area (Å²) in [5, 5.41) is 6.68. The summed E-state index contributed by atoms with van der Waals surface area (Å²) in [6.07, 6.45) is 2.56. The number of hydrogen-bond acceptors (Lipinski definition) is 3. The zero-order valence-corrected chi connectivity index (χ0v) is 13.7. The van der Waals surface area contributed by atoms with Gasteiger partial charge < -0.3 is 19.8 Å². The van der Waals surface area contributed by atoms with Crippen LogP contribution in [0.4, 0.5) is 0 Å². The third kappa shape index (κ3) is 7.75. The molecule has 0 bridgehead atoms. The van der Waals surface area contributed by atoms with Crippen LogP contribution in [0, 0.1) is 5.92 Å². The van der Waals surface area contributed by atoms with Crippen LogP contribution in [0.3, 0.4) is 0 Å². The Kier molecular flexibility index (Phi) is 8.59. The lowest BCUT2D eigenvalue weighted by Gasteiger charge is -2.20. The smallest absolute Gasteiger partial charge is 0.191 e. The molecule has 0 saturated heterocycles. The van der Waals surface area contributed by atoms with E-state index < -0.39 is 0 Å². The Balaban J connectivity index is 2.20. The molecule has 1 aromatic heterocycles. The van der Waals surface area contributed by atoms with E-state index in [2.05, 4.69) is 43.3 Å². The molecule has 1 heterocycles. The molecule has 0 aromatic carbocycles. The van der Waals surface area contributed by atoms with Gasteiger partial charge in [-0.05, 0) is 38.3 Å². The zero-order valence-electron chi connectivity index (χ0n) is 13.7. The molecule has 2 N–H and O–H groups in total. The molecule has 5 nitrogen and oxygen atoms in total. The second-order valence-electron chi connectivity index (χ2n) is 5.42. The minimum absolute atomic E-state index is 0.401. The van der Waals surface area contributed by atoms with Crippen molar-refractivity contribution in [2.75, 3.05) is 19.7 Å². The highest BCUT2D eigenvalue weighted by Crippen LogP contribution is 2.02. The molecule has 1 aromatic rings. The normalized spacial score (nSPS) is 13.5. The SMILES string of the molecule is CCNC(=NCCCOCc1ccco1)NC(C)C(C)C. The first-order chi connectivity index (χ1) is 10.1. The summed E-state index contributed by atoms with van der Waals surface area (Å²) in [5.41, 5.74) is 0. The van der Waals surface area contributed by atoms with Gasteiger partial charge in [-0.1, -0.05) is 13.8 Å². The van der Waals surface area contributed by atoms with Gasteiger partial charge in [0, 0.05) is 25.7 Å². The summed E-state index contributed by atoms with van der Waals surface area (Å²) in [7, 11) is 0. The first kappa shape index (κ1) is 17.6. The molecule has 0 aliphatic rings. The molecule has 21 heavy (non-hydrogen) atoms. The first-order valence-electron chi connectivity index (χ1n) is 7.78. The van der Waals surface area contributed by atoms with E-state index in [1.807, 2.05) is 12.1 Å². The van der Waals surface area contributed by atoms with Gasteiger partial charge in [-0.2, -0.15) is 0 Å². The molecule has 5 heteroatoms. The standard InChI is InChI=1S/C16H29N3O2/c1-5-17-16(19-14(4)13(2)3)18-9-7-10-20-12-15-8-6-11-21-15/h6,8,11,13-14H,5,7,9-10,12H2,1-4H3,(H2,17,18,19). The van der Waals surface area contributed by atoms with E-state index in [-0.39, 0.29) is 0 Å². The first-order valence-corrected chi connectivity index (χ1v) is 7.78. The van der Waals surface area contributed by atoms with Crippen LogP contribution in [0.25, 0.3) is 0 Å². The molecule has 120 valence electrons. The van der Waals surface area contributed by atoms with Crippen LogP contribution >= 0.6 is 0 Å². The van der Waals surface area contributed by atoms with Crippen molar-refractivity contribution < 1.29 is 9.15 Å². The zero-order chi connectivity index (χ0) is 15.5. The molecular formula is C16H29N3O2. The van der Waals surface area contributed by atoms with Crippen LogP contribution in [0.1, 0.15) is 39.9 Å². The molecule has 1 unspecified atom stereocenters. The summed E-state index contributed by atoms with van der Waals surface area (Å²) in [5.74, 6) is 2.31. The molecule has 0 aliphatic carbocycles. The number of nitrogens with zero attached hydrogens (tertiary/aromatic N) is 1. The lowest BCUT2D eigenvalue weighted by atomic mass is 10.1. The fourth-order valence-electron chi connectivity index (χ4n) is 1.63. The number of guanidine groups is 1. The third-order valence-electron chi connectivity index (χ3n) is 3.25. The number of nitrogens with one attached hydrogen (secondary N) is 2. The van der Waals surface area contributed by atoms with Crippen molar-refractivity contribution in [3.63, 3.8) is 0 Å². The second-order valence-corrected chi connectivity index (χ2v) is 5.42. The van der Waals surface area contributed by atoms with E-state index in [0.29, 0.717) is 25.2 Å². The monoisotopic (exact) mass is 295 g/mol. The van der Waals surface area contributed by atoms with Crippen LogP contribution in [-0.4, -0.2) is 31.7 Å². The number of furan rings is 1. The predicted molar refractivity (Wildman–Crippen MR) is 86.4 cm³/mol. The summed E-state index contributed by atoms with van der Waals surface area (Å²) in [6.45, 7) is 11.5. The molecule has 0 aliphatic heterocycles. The average molecular weight is 295 g/mol. The maximum atomic E-state index is 5.54. The van der Waals surface area contributed by atoms with Crippen molar-refractivity contribution in [2.24, 2.45) is 10.9 Å².